The number of rotatable bonds is 4. The largest absolute Gasteiger partial charge is 0.347 e. The van der Waals surface area contributed by atoms with E-state index in [0.29, 0.717) is 0 Å². The van der Waals surface area contributed by atoms with Crippen molar-refractivity contribution >= 4 is 29.1 Å². The Morgan fingerprint density at radius 3 is 2.10 bits per heavy atom. The molecule has 0 saturated heterocycles. The lowest BCUT2D eigenvalue weighted by Crippen LogP contribution is -2.49. The zero-order valence-electron chi connectivity index (χ0n) is 12.6. The molecule has 110 valence electrons. The molecule has 0 aliphatic rings. The zero-order valence-corrected chi connectivity index (χ0v) is 13.4. The van der Waals surface area contributed by atoms with E-state index in [0.717, 1.165) is 16.8 Å². The Bertz CT molecular complexity index is 494. The number of benzene rings is 1. The summed E-state index contributed by atoms with van der Waals surface area (Å²) in [5, 5.41) is 0. The Kier molecular flexibility index (Phi) is 5.57. The van der Waals surface area contributed by atoms with Gasteiger partial charge in [-0.15, -0.1) is 11.6 Å². The first-order valence-corrected chi connectivity index (χ1v) is 7.00. The number of likely N-dealkylation sites (N-methyl/N-ethyl adjacent to an activating group) is 1. The molecule has 0 N–H and O–H groups in total. The predicted molar refractivity (Wildman–Crippen MR) is 82.3 cm³/mol. The number of anilines is 1. The summed E-state index contributed by atoms with van der Waals surface area (Å²) in [5.74, 6) is -0.559. The highest BCUT2D eigenvalue weighted by Gasteiger charge is 2.29. The number of nitrogens with zero attached hydrogens (tertiary/aromatic N) is 2. The maximum Gasteiger partial charge on any atom is 0.244 e. The van der Waals surface area contributed by atoms with Gasteiger partial charge in [-0.05, 0) is 31.9 Å². The van der Waals surface area contributed by atoms with Crippen molar-refractivity contribution in [1.29, 1.82) is 0 Å². The number of hydrogen-bond donors (Lipinski definition) is 0. The molecule has 1 unspecified atom stereocenters. The second-order valence-corrected chi connectivity index (χ2v) is 5.31. The third-order valence-electron chi connectivity index (χ3n) is 3.25. The third-order valence-corrected chi connectivity index (χ3v) is 3.48. The highest BCUT2D eigenvalue weighted by Crippen LogP contribution is 2.27. The van der Waals surface area contributed by atoms with Crippen LogP contribution in [0, 0.1) is 13.8 Å². The van der Waals surface area contributed by atoms with Crippen LogP contribution >= 0.6 is 11.6 Å². The zero-order chi connectivity index (χ0) is 15.4. The number of carbonyl (C=O) groups is 2. The van der Waals surface area contributed by atoms with Crippen molar-refractivity contribution in [3.8, 4) is 0 Å². The number of para-hydroxylation sites is 1. The predicted octanol–water partition coefficient (Wildman–Crippen LogP) is 2.35. The highest BCUT2D eigenvalue weighted by molar-refractivity contribution is 6.30. The molecule has 1 aromatic rings. The average Bonchev–Trinajstić information content (AvgIpc) is 2.40. The molecule has 0 fully saturated rings. The Morgan fingerprint density at radius 1 is 1.20 bits per heavy atom. The molecule has 0 spiro atoms. The second kappa shape index (κ2) is 6.75. The summed E-state index contributed by atoms with van der Waals surface area (Å²) in [7, 11) is 3.35. The molecular weight excluding hydrogens is 276 g/mol. The molecule has 0 heterocycles. The van der Waals surface area contributed by atoms with Crippen LogP contribution in [0.25, 0.3) is 0 Å². The lowest BCUT2D eigenvalue weighted by molar-refractivity contribution is -0.131. The molecule has 1 rings (SSSR count). The van der Waals surface area contributed by atoms with Gasteiger partial charge in [-0.3, -0.25) is 14.5 Å². The van der Waals surface area contributed by atoms with Gasteiger partial charge >= 0.3 is 0 Å². The van der Waals surface area contributed by atoms with Crippen molar-refractivity contribution in [3.05, 3.63) is 29.3 Å². The average molecular weight is 297 g/mol. The fraction of sp³-hybridized carbons (Fsp3) is 0.467. The first kappa shape index (κ1) is 16.5. The molecule has 0 aliphatic carbocycles. The van der Waals surface area contributed by atoms with Crippen molar-refractivity contribution in [3.63, 3.8) is 0 Å². The van der Waals surface area contributed by atoms with E-state index in [1.165, 1.54) is 9.80 Å². The molecule has 1 atom stereocenters. The Balaban J connectivity index is 3.34. The molecular formula is C15H21ClN2O2. The van der Waals surface area contributed by atoms with Gasteiger partial charge < -0.3 is 4.90 Å². The quantitative estimate of drug-likeness (QED) is 0.800. The number of hydrogen-bond acceptors (Lipinski definition) is 2. The Morgan fingerprint density at radius 2 is 1.70 bits per heavy atom. The summed E-state index contributed by atoms with van der Waals surface area (Å²) in [6.45, 7) is 5.56. The van der Waals surface area contributed by atoms with Crippen LogP contribution in [0.15, 0.2) is 18.2 Å². The van der Waals surface area contributed by atoms with Gasteiger partial charge in [0.1, 0.15) is 11.9 Å². The Labute approximate surface area is 125 Å². The summed E-state index contributed by atoms with van der Waals surface area (Å²) in [5.41, 5.74) is 2.66. The van der Waals surface area contributed by atoms with Crippen LogP contribution in [0.1, 0.15) is 18.1 Å². The maximum atomic E-state index is 12.2. The number of carbonyl (C=O) groups excluding carboxylic acids is 2. The van der Waals surface area contributed by atoms with Gasteiger partial charge in [0.05, 0.1) is 5.69 Å². The molecule has 20 heavy (non-hydrogen) atoms. The first-order valence-electron chi connectivity index (χ1n) is 6.46. The number of amides is 2. The summed E-state index contributed by atoms with van der Waals surface area (Å²) < 4.78 is 0. The number of aryl methyl sites for hydroxylation is 2. The molecule has 0 aliphatic heterocycles. The van der Waals surface area contributed by atoms with Gasteiger partial charge in [-0.1, -0.05) is 18.2 Å². The van der Waals surface area contributed by atoms with Crippen molar-refractivity contribution in [2.45, 2.75) is 26.8 Å². The minimum absolute atomic E-state index is 0.133. The maximum absolute atomic E-state index is 12.2. The van der Waals surface area contributed by atoms with Gasteiger partial charge in [-0.25, -0.2) is 0 Å². The van der Waals surface area contributed by atoms with E-state index in [2.05, 4.69) is 0 Å². The fourth-order valence-corrected chi connectivity index (χ4v) is 2.40. The molecule has 2 amide bonds. The monoisotopic (exact) mass is 296 g/mol. The minimum Gasteiger partial charge on any atom is -0.347 e. The van der Waals surface area contributed by atoms with Crippen LogP contribution in [0.2, 0.25) is 0 Å². The number of alkyl halides is 1. The van der Waals surface area contributed by atoms with E-state index in [9.17, 15) is 9.59 Å². The first-order chi connectivity index (χ1) is 9.31. The van der Waals surface area contributed by atoms with Gasteiger partial charge in [0.25, 0.3) is 0 Å². The fourth-order valence-electron chi connectivity index (χ4n) is 2.27. The SMILES string of the molecule is Cc1cccc(C)c1N(C(=O)CCl)C(C)C(=O)N(C)C. The van der Waals surface area contributed by atoms with Gasteiger partial charge in [-0.2, -0.15) is 0 Å². The normalized spacial score (nSPS) is 11.9. The standard InChI is InChI=1S/C15H21ClN2O2/c1-10-7-6-8-11(2)14(10)18(13(19)9-16)12(3)15(20)17(4)5/h6-8,12H,9H2,1-5H3. The summed E-state index contributed by atoms with van der Waals surface area (Å²) >= 11 is 5.71. The summed E-state index contributed by atoms with van der Waals surface area (Å²) in [6.07, 6.45) is 0. The molecule has 0 bridgehead atoms. The van der Waals surface area contributed by atoms with Crippen LogP contribution in [0.5, 0.6) is 0 Å². The van der Waals surface area contributed by atoms with E-state index < -0.39 is 6.04 Å². The van der Waals surface area contributed by atoms with Crippen LogP contribution < -0.4 is 4.90 Å². The van der Waals surface area contributed by atoms with Crippen LogP contribution in [0.4, 0.5) is 5.69 Å². The minimum atomic E-state index is -0.587. The third kappa shape index (κ3) is 3.31. The lowest BCUT2D eigenvalue weighted by atomic mass is 10.1. The molecule has 5 heteroatoms. The molecule has 0 radical (unpaired) electrons. The second-order valence-electron chi connectivity index (χ2n) is 5.05. The summed E-state index contributed by atoms with van der Waals surface area (Å²) in [4.78, 5) is 27.4. The molecule has 4 nitrogen and oxygen atoms in total. The van der Waals surface area contributed by atoms with Gasteiger partial charge in [0.15, 0.2) is 0 Å². The number of halogens is 1. The molecule has 0 saturated carbocycles. The molecule has 0 aromatic heterocycles. The lowest BCUT2D eigenvalue weighted by Gasteiger charge is -2.32. The van der Waals surface area contributed by atoms with Crippen molar-refractivity contribution in [2.75, 3.05) is 24.9 Å². The van der Waals surface area contributed by atoms with Crippen molar-refractivity contribution < 1.29 is 9.59 Å². The van der Waals surface area contributed by atoms with E-state index >= 15 is 0 Å². The van der Waals surface area contributed by atoms with E-state index in [4.69, 9.17) is 11.6 Å². The van der Waals surface area contributed by atoms with Crippen LogP contribution in [-0.2, 0) is 9.59 Å². The topological polar surface area (TPSA) is 40.6 Å². The van der Waals surface area contributed by atoms with E-state index in [1.807, 2.05) is 32.0 Å². The Hall–Kier alpha value is -1.55. The summed E-state index contributed by atoms with van der Waals surface area (Å²) in [6, 6.07) is 5.18. The smallest absolute Gasteiger partial charge is 0.244 e. The van der Waals surface area contributed by atoms with Crippen molar-refractivity contribution in [1.82, 2.24) is 4.90 Å². The van der Waals surface area contributed by atoms with Crippen LogP contribution in [0.3, 0.4) is 0 Å². The van der Waals surface area contributed by atoms with E-state index in [-0.39, 0.29) is 17.7 Å². The van der Waals surface area contributed by atoms with Gasteiger partial charge in [0.2, 0.25) is 11.8 Å². The van der Waals surface area contributed by atoms with Crippen molar-refractivity contribution in [2.24, 2.45) is 0 Å². The van der Waals surface area contributed by atoms with Gasteiger partial charge in [0, 0.05) is 14.1 Å². The highest BCUT2D eigenvalue weighted by atomic mass is 35.5. The molecule has 1 aromatic carbocycles. The van der Waals surface area contributed by atoms with Crippen LogP contribution in [-0.4, -0.2) is 42.7 Å². The van der Waals surface area contributed by atoms with E-state index in [1.54, 1.807) is 21.0 Å².